The van der Waals surface area contributed by atoms with Crippen molar-refractivity contribution in [2.24, 2.45) is 0 Å². The van der Waals surface area contributed by atoms with Crippen LogP contribution < -0.4 is 0 Å². The summed E-state index contributed by atoms with van der Waals surface area (Å²) in [5, 5.41) is 3.27. The third-order valence-electron chi connectivity index (χ3n) is 0.458. The van der Waals surface area contributed by atoms with Gasteiger partial charge in [-0.2, -0.15) is 0 Å². The zero-order valence-corrected chi connectivity index (χ0v) is 3.36. The first-order valence-electron chi connectivity index (χ1n) is 1.61. The molecule has 0 aliphatic rings. The maximum absolute atomic E-state index is 4.28. The number of hydrogen-bond acceptors (Lipinski definition) is 2. The summed E-state index contributed by atoms with van der Waals surface area (Å²) in [5.41, 5.74) is 0.815. The minimum Gasteiger partial charge on any atom is -0.352 e. The molecular formula is C4H3NO. The first kappa shape index (κ1) is 3.40. The summed E-state index contributed by atoms with van der Waals surface area (Å²) in [7, 11) is 0. The predicted octanol–water partition coefficient (Wildman–Crippen LogP) is 0.583. The number of rotatable bonds is 0. The Bertz CT molecular complexity index is 111. The monoisotopic (exact) mass is 81.0 g/mol. The zero-order chi connectivity index (χ0) is 4.41. The van der Waals surface area contributed by atoms with Gasteiger partial charge in [-0.3, -0.25) is 0 Å². The van der Waals surface area contributed by atoms with Crippen LogP contribution in [0.3, 0.4) is 0 Å². The van der Waals surface area contributed by atoms with E-state index in [1.54, 1.807) is 0 Å². The quantitative estimate of drug-likeness (QED) is 0.456. The van der Waals surface area contributed by atoms with Crippen LogP contribution in [0.15, 0.2) is 4.52 Å². The molecule has 1 rings (SSSR count). The molecule has 0 unspecified atom stereocenters. The van der Waals surface area contributed by atoms with Gasteiger partial charge in [0, 0.05) is 5.56 Å². The van der Waals surface area contributed by atoms with Gasteiger partial charge in [-0.25, -0.2) is 0 Å². The van der Waals surface area contributed by atoms with Crippen LogP contribution in [0.25, 0.3) is 0 Å². The summed E-state index contributed by atoms with van der Waals surface area (Å²) in [4.78, 5) is 0. The molecule has 6 heavy (non-hydrogen) atoms. The highest BCUT2D eigenvalue weighted by Crippen LogP contribution is 1.85. The number of nitrogens with zero attached hydrogens (tertiary/aromatic N) is 1. The first-order chi connectivity index (χ1) is 2.89. The minimum atomic E-state index is 0.815. The lowest BCUT2D eigenvalue weighted by Gasteiger charge is -1.56. The first-order valence-corrected chi connectivity index (χ1v) is 1.61. The minimum absolute atomic E-state index is 0.815. The Morgan fingerprint density at radius 1 is 1.83 bits per heavy atom. The Kier molecular flexibility index (Phi) is 0.638. The van der Waals surface area contributed by atoms with E-state index in [9.17, 15) is 0 Å². The molecule has 0 aliphatic carbocycles. The van der Waals surface area contributed by atoms with Crippen molar-refractivity contribution in [2.45, 2.75) is 6.92 Å². The van der Waals surface area contributed by atoms with Crippen LogP contribution in [0.2, 0.25) is 0 Å². The molecule has 0 bridgehead atoms. The molecule has 1 aromatic heterocycles. The Labute approximate surface area is 35.8 Å². The number of hydrogen-bond donors (Lipinski definition) is 0. The molecule has 0 saturated carbocycles. The van der Waals surface area contributed by atoms with Gasteiger partial charge in [0.2, 0.25) is 6.26 Å². The van der Waals surface area contributed by atoms with Crippen molar-refractivity contribution in [3.63, 3.8) is 0 Å². The standard InChI is InChI=1S/C4H3NO/c1-4-2-5-6-3-4/h1H3. The van der Waals surface area contributed by atoms with Gasteiger partial charge < -0.3 is 4.52 Å². The van der Waals surface area contributed by atoms with E-state index in [2.05, 4.69) is 22.1 Å². The van der Waals surface area contributed by atoms with E-state index in [0.717, 1.165) is 5.56 Å². The molecule has 30 valence electrons. The highest BCUT2D eigenvalue weighted by molar-refractivity contribution is 4.90. The van der Waals surface area contributed by atoms with Gasteiger partial charge in [0.15, 0.2) is 0 Å². The number of aryl methyl sites for hydroxylation is 1. The van der Waals surface area contributed by atoms with Crippen molar-refractivity contribution in [1.82, 2.24) is 5.16 Å². The van der Waals surface area contributed by atoms with Crippen molar-refractivity contribution in [1.29, 1.82) is 0 Å². The lowest BCUT2D eigenvalue weighted by Crippen LogP contribution is -1.53. The molecule has 1 heterocycles. The van der Waals surface area contributed by atoms with Crippen molar-refractivity contribution >= 4 is 0 Å². The summed E-state index contributed by atoms with van der Waals surface area (Å²) in [5.74, 6) is 0. The Morgan fingerprint density at radius 2 is 2.67 bits per heavy atom. The van der Waals surface area contributed by atoms with E-state index in [0.29, 0.717) is 0 Å². The average molecular weight is 81.1 g/mol. The van der Waals surface area contributed by atoms with Gasteiger partial charge >= 0.3 is 0 Å². The summed E-state index contributed by atoms with van der Waals surface area (Å²) in [6.45, 7) is 1.82. The molecule has 2 radical (unpaired) electrons. The molecular weight excluding hydrogens is 78.0 g/mol. The second-order valence-electron chi connectivity index (χ2n) is 1.02. The highest BCUT2D eigenvalue weighted by Gasteiger charge is 1.81. The SMILES string of the molecule is Cc1[c]no[c]1. The molecule has 0 spiro atoms. The topological polar surface area (TPSA) is 26.0 Å². The molecule has 0 aliphatic heterocycles. The molecule has 1 aromatic rings. The fraction of sp³-hybridized carbons (Fsp3) is 0.250. The maximum atomic E-state index is 4.28. The van der Waals surface area contributed by atoms with E-state index in [4.69, 9.17) is 0 Å². The Balaban J connectivity index is 3.05. The fourth-order valence-electron chi connectivity index (χ4n) is 0.205. The largest absolute Gasteiger partial charge is 0.352 e. The van der Waals surface area contributed by atoms with Gasteiger partial charge in [-0.1, -0.05) is 5.16 Å². The van der Waals surface area contributed by atoms with Crippen LogP contribution in [0, 0.1) is 19.4 Å². The second kappa shape index (κ2) is 1.12. The summed E-state index contributed by atoms with van der Waals surface area (Å²) < 4.78 is 4.28. The lowest BCUT2D eigenvalue weighted by atomic mass is 10.4. The van der Waals surface area contributed by atoms with E-state index < -0.39 is 0 Å². The van der Waals surface area contributed by atoms with Crippen molar-refractivity contribution in [3.05, 3.63) is 18.0 Å². The van der Waals surface area contributed by atoms with Gasteiger partial charge in [-0.15, -0.1) is 0 Å². The van der Waals surface area contributed by atoms with E-state index >= 15 is 0 Å². The molecule has 0 aromatic carbocycles. The third-order valence-corrected chi connectivity index (χ3v) is 0.458. The van der Waals surface area contributed by atoms with Crippen LogP contribution in [0.5, 0.6) is 0 Å². The Morgan fingerprint density at radius 3 is 2.83 bits per heavy atom. The van der Waals surface area contributed by atoms with Crippen LogP contribution in [0.4, 0.5) is 0 Å². The van der Waals surface area contributed by atoms with E-state index in [1.165, 1.54) is 0 Å². The normalized spacial score (nSPS) is 8.83. The number of aromatic nitrogens is 1. The van der Waals surface area contributed by atoms with Crippen LogP contribution in [0.1, 0.15) is 5.56 Å². The molecule has 0 atom stereocenters. The van der Waals surface area contributed by atoms with Crippen molar-refractivity contribution in [3.8, 4) is 0 Å². The molecule has 2 heteroatoms. The smallest absolute Gasteiger partial charge is 0.208 e. The maximum Gasteiger partial charge on any atom is 0.208 e. The lowest BCUT2D eigenvalue weighted by molar-refractivity contribution is 0.411. The summed E-state index contributed by atoms with van der Waals surface area (Å²) in [6, 6.07) is 0. The van der Waals surface area contributed by atoms with Crippen LogP contribution in [-0.2, 0) is 0 Å². The molecule has 0 fully saturated rings. The average Bonchev–Trinajstić information content (AvgIpc) is 1.86. The van der Waals surface area contributed by atoms with Gasteiger partial charge in [-0.05, 0) is 6.92 Å². The molecule has 2 nitrogen and oxygen atoms in total. The van der Waals surface area contributed by atoms with Gasteiger partial charge in [0.1, 0.15) is 6.20 Å². The van der Waals surface area contributed by atoms with E-state index in [1.807, 2.05) is 6.92 Å². The van der Waals surface area contributed by atoms with Gasteiger partial charge in [0.25, 0.3) is 0 Å². The highest BCUT2D eigenvalue weighted by atomic mass is 16.5. The summed E-state index contributed by atoms with van der Waals surface area (Å²) in [6.07, 6.45) is 4.99. The van der Waals surface area contributed by atoms with Crippen molar-refractivity contribution in [2.75, 3.05) is 0 Å². The summed E-state index contributed by atoms with van der Waals surface area (Å²) >= 11 is 0. The Hall–Kier alpha value is -0.790. The van der Waals surface area contributed by atoms with Crippen LogP contribution >= 0.6 is 0 Å². The van der Waals surface area contributed by atoms with Gasteiger partial charge in [0.05, 0.1) is 0 Å². The van der Waals surface area contributed by atoms with E-state index in [-0.39, 0.29) is 0 Å². The molecule has 0 N–H and O–H groups in total. The van der Waals surface area contributed by atoms with Crippen molar-refractivity contribution < 1.29 is 4.52 Å². The predicted molar refractivity (Wildman–Crippen MR) is 18.9 cm³/mol. The second-order valence-corrected chi connectivity index (χ2v) is 1.02. The fourth-order valence-corrected chi connectivity index (χ4v) is 0.205. The molecule has 0 amide bonds. The van der Waals surface area contributed by atoms with Crippen LogP contribution in [-0.4, -0.2) is 5.16 Å². The zero-order valence-electron chi connectivity index (χ0n) is 3.36. The third kappa shape index (κ3) is 0.407. The molecule has 0 saturated heterocycles.